The van der Waals surface area contributed by atoms with E-state index in [1.54, 1.807) is 10.9 Å². The van der Waals surface area contributed by atoms with Crippen molar-refractivity contribution < 1.29 is 13.2 Å². The van der Waals surface area contributed by atoms with Crippen molar-refractivity contribution in [1.82, 2.24) is 15.1 Å². The minimum absolute atomic E-state index is 0.154. The van der Waals surface area contributed by atoms with Crippen molar-refractivity contribution in [3.8, 4) is 5.75 Å². The number of nitrogens with one attached hydrogen (secondary N) is 1. The highest BCUT2D eigenvalue weighted by molar-refractivity contribution is 7.90. The highest BCUT2D eigenvalue weighted by atomic mass is 32.2. The van der Waals surface area contributed by atoms with Crippen molar-refractivity contribution in [3.05, 3.63) is 12.4 Å². The van der Waals surface area contributed by atoms with Crippen LogP contribution in [-0.2, 0) is 16.4 Å². The van der Waals surface area contributed by atoms with Crippen LogP contribution in [0.3, 0.4) is 0 Å². The summed E-state index contributed by atoms with van der Waals surface area (Å²) in [7, 11) is -2.88. The molecule has 0 bridgehead atoms. The molecule has 0 saturated heterocycles. The van der Waals surface area contributed by atoms with Gasteiger partial charge in [0.05, 0.1) is 18.1 Å². The molecule has 1 aromatic heterocycles. The van der Waals surface area contributed by atoms with E-state index in [0.717, 1.165) is 12.3 Å². The second kappa shape index (κ2) is 6.61. The summed E-state index contributed by atoms with van der Waals surface area (Å²) in [5.74, 6) is 0.887. The number of aromatic nitrogens is 2. The summed E-state index contributed by atoms with van der Waals surface area (Å²) in [6.07, 6.45) is 4.72. The average molecular weight is 261 g/mol. The molecule has 6 nitrogen and oxygen atoms in total. The molecular formula is C10H19N3O3S. The Balaban J connectivity index is 2.08. The van der Waals surface area contributed by atoms with Crippen molar-refractivity contribution in [3.63, 3.8) is 0 Å². The van der Waals surface area contributed by atoms with E-state index in [1.807, 2.05) is 13.1 Å². The minimum Gasteiger partial charge on any atom is -0.489 e. The molecule has 0 aliphatic heterocycles. The van der Waals surface area contributed by atoms with Crippen LogP contribution in [0, 0.1) is 0 Å². The van der Waals surface area contributed by atoms with Gasteiger partial charge >= 0.3 is 0 Å². The van der Waals surface area contributed by atoms with Gasteiger partial charge in [0.1, 0.15) is 16.4 Å². The molecule has 0 radical (unpaired) electrons. The summed E-state index contributed by atoms with van der Waals surface area (Å²) in [6, 6.07) is 0. The summed E-state index contributed by atoms with van der Waals surface area (Å²) in [5, 5.41) is 7.08. The van der Waals surface area contributed by atoms with E-state index in [4.69, 9.17) is 4.74 Å². The van der Waals surface area contributed by atoms with E-state index in [-0.39, 0.29) is 5.75 Å². The van der Waals surface area contributed by atoms with E-state index in [0.29, 0.717) is 19.7 Å². The zero-order chi connectivity index (χ0) is 12.7. The van der Waals surface area contributed by atoms with Gasteiger partial charge in [0.15, 0.2) is 5.75 Å². The van der Waals surface area contributed by atoms with Crippen molar-refractivity contribution in [2.75, 3.05) is 31.7 Å². The molecule has 0 unspecified atom stereocenters. The van der Waals surface area contributed by atoms with Crippen LogP contribution in [0.5, 0.6) is 5.75 Å². The maximum Gasteiger partial charge on any atom is 0.157 e. The third kappa shape index (κ3) is 6.28. The fraction of sp³-hybridized carbons (Fsp3) is 0.700. The molecule has 0 spiro atoms. The summed E-state index contributed by atoms with van der Waals surface area (Å²) in [4.78, 5) is 0. The van der Waals surface area contributed by atoms with Gasteiger partial charge in [0, 0.05) is 25.9 Å². The van der Waals surface area contributed by atoms with E-state index in [2.05, 4.69) is 10.4 Å². The van der Waals surface area contributed by atoms with Crippen molar-refractivity contribution >= 4 is 9.84 Å². The van der Waals surface area contributed by atoms with Crippen molar-refractivity contribution in [2.24, 2.45) is 0 Å². The molecule has 17 heavy (non-hydrogen) atoms. The number of hydrogen-bond donors (Lipinski definition) is 1. The summed E-state index contributed by atoms with van der Waals surface area (Å²) in [6.45, 7) is 4.39. The molecule has 0 aromatic carbocycles. The second-order valence-corrected chi connectivity index (χ2v) is 6.02. The van der Waals surface area contributed by atoms with Gasteiger partial charge < -0.3 is 10.1 Å². The Morgan fingerprint density at radius 1 is 1.47 bits per heavy atom. The predicted molar refractivity (Wildman–Crippen MR) is 66.0 cm³/mol. The number of hydrogen-bond acceptors (Lipinski definition) is 5. The van der Waals surface area contributed by atoms with Crippen LogP contribution in [0.15, 0.2) is 12.4 Å². The fourth-order valence-electron chi connectivity index (χ4n) is 1.22. The SMILES string of the molecule is CCn1cc(OCCNCCS(C)(=O)=O)cn1. The van der Waals surface area contributed by atoms with Crippen LogP contribution in [0.2, 0.25) is 0 Å². The monoisotopic (exact) mass is 261 g/mol. The maximum atomic E-state index is 10.8. The van der Waals surface area contributed by atoms with E-state index in [9.17, 15) is 8.42 Å². The van der Waals surface area contributed by atoms with Gasteiger partial charge in [-0.05, 0) is 6.92 Å². The molecular weight excluding hydrogens is 242 g/mol. The highest BCUT2D eigenvalue weighted by Crippen LogP contribution is 2.06. The Bertz CT molecular complexity index is 428. The zero-order valence-corrected chi connectivity index (χ0v) is 11.0. The van der Waals surface area contributed by atoms with Gasteiger partial charge in [0.2, 0.25) is 0 Å². The molecule has 0 aliphatic rings. The lowest BCUT2D eigenvalue weighted by molar-refractivity contribution is 0.315. The number of ether oxygens (including phenoxy) is 1. The summed E-state index contributed by atoms with van der Waals surface area (Å²) >= 11 is 0. The number of aryl methyl sites for hydroxylation is 1. The first-order valence-corrected chi connectivity index (χ1v) is 7.61. The van der Waals surface area contributed by atoms with Crippen molar-refractivity contribution in [2.45, 2.75) is 13.5 Å². The Labute approximate surface area is 102 Å². The third-order valence-electron chi connectivity index (χ3n) is 2.13. The Morgan fingerprint density at radius 2 is 2.24 bits per heavy atom. The zero-order valence-electron chi connectivity index (χ0n) is 10.2. The normalized spacial score (nSPS) is 11.6. The molecule has 0 aliphatic carbocycles. The molecule has 98 valence electrons. The van der Waals surface area contributed by atoms with Gasteiger partial charge in [-0.3, -0.25) is 4.68 Å². The molecule has 1 heterocycles. The lowest BCUT2D eigenvalue weighted by atomic mass is 10.6. The number of sulfone groups is 1. The molecule has 1 aromatic rings. The summed E-state index contributed by atoms with van der Waals surface area (Å²) < 4.78 is 28.9. The predicted octanol–water partition coefficient (Wildman–Crippen LogP) is -0.0840. The van der Waals surface area contributed by atoms with Crippen LogP contribution in [-0.4, -0.2) is 49.9 Å². The van der Waals surface area contributed by atoms with Crippen LogP contribution in [0.25, 0.3) is 0 Å². The van der Waals surface area contributed by atoms with Gasteiger partial charge in [-0.2, -0.15) is 5.10 Å². The van der Waals surface area contributed by atoms with Gasteiger partial charge in [-0.1, -0.05) is 0 Å². The van der Waals surface area contributed by atoms with Crippen LogP contribution in [0.4, 0.5) is 0 Å². The lowest BCUT2D eigenvalue weighted by Gasteiger charge is -2.04. The summed E-state index contributed by atoms with van der Waals surface area (Å²) in [5.41, 5.74) is 0. The Morgan fingerprint density at radius 3 is 2.82 bits per heavy atom. The Hall–Kier alpha value is -1.08. The highest BCUT2D eigenvalue weighted by Gasteiger charge is 2.01. The molecule has 1 rings (SSSR count). The largest absolute Gasteiger partial charge is 0.489 e. The minimum atomic E-state index is -2.88. The van der Waals surface area contributed by atoms with Crippen LogP contribution < -0.4 is 10.1 Å². The fourth-order valence-corrected chi connectivity index (χ4v) is 1.73. The topological polar surface area (TPSA) is 73.2 Å². The molecule has 0 amide bonds. The first-order chi connectivity index (χ1) is 8.01. The molecule has 1 N–H and O–H groups in total. The van der Waals surface area contributed by atoms with Gasteiger partial charge in [0.25, 0.3) is 0 Å². The maximum absolute atomic E-state index is 10.8. The first-order valence-electron chi connectivity index (χ1n) is 5.55. The second-order valence-electron chi connectivity index (χ2n) is 3.76. The third-order valence-corrected chi connectivity index (χ3v) is 3.08. The van der Waals surface area contributed by atoms with E-state index in [1.165, 1.54) is 6.26 Å². The Kier molecular flexibility index (Phi) is 5.43. The van der Waals surface area contributed by atoms with Crippen LogP contribution >= 0.6 is 0 Å². The molecule has 0 fully saturated rings. The smallest absolute Gasteiger partial charge is 0.157 e. The number of nitrogens with zero attached hydrogens (tertiary/aromatic N) is 2. The molecule has 7 heteroatoms. The molecule has 0 saturated carbocycles. The van der Waals surface area contributed by atoms with Gasteiger partial charge in [-0.15, -0.1) is 0 Å². The van der Waals surface area contributed by atoms with Crippen LogP contribution in [0.1, 0.15) is 6.92 Å². The van der Waals surface area contributed by atoms with E-state index >= 15 is 0 Å². The first kappa shape index (κ1) is 14.0. The van der Waals surface area contributed by atoms with Crippen molar-refractivity contribution in [1.29, 1.82) is 0 Å². The standard InChI is InChI=1S/C10H19N3O3S/c1-3-13-9-10(8-12-13)16-6-4-11-5-7-17(2,14)15/h8-9,11H,3-7H2,1-2H3. The average Bonchev–Trinajstić information content (AvgIpc) is 2.69. The van der Waals surface area contributed by atoms with E-state index < -0.39 is 9.84 Å². The number of rotatable bonds is 8. The lowest BCUT2D eigenvalue weighted by Crippen LogP contribution is -2.26. The quantitative estimate of drug-likeness (QED) is 0.662. The van der Waals surface area contributed by atoms with Gasteiger partial charge in [-0.25, -0.2) is 8.42 Å². The molecule has 0 atom stereocenters.